The molecule has 0 radical (unpaired) electrons. The van der Waals surface area contributed by atoms with Crippen molar-refractivity contribution in [1.29, 1.82) is 0 Å². The van der Waals surface area contributed by atoms with Gasteiger partial charge < -0.3 is 0 Å². The molecule has 1 amide bonds. The van der Waals surface area contributed by atoms with E-state index < -0.39 is 17.6 Å². The summed E-state index contributed by atoms with van der Waals surface area (Å²) in [6.45, 7) is 2.32. The summed E-state index contributed by atoms with van der Waals surface area (Å²) >= 11 is 6.27. The van der Waals surface area contributed by atoms with Crippen LogP contribution in [0.2, 0.25) is 5.15 Å². The van der Waals surface area contributed by atoms with E-state index in [-0.39, 0.29) is 5.56 Å². The molecule has 0 saturated heterocycles. The molecule has 0 aliphatic heterocycles. The number of benzene rings is 2. The fourth-order valence-electron chi connectivity index (χ4n) is 3.16. The number of halogens is 4. The van der Waals surface area contributed by atoms with Crippen LogP contribution in [0, 0.1) is 6.92 Å². The van der Waals surface area contributed by atoms with Gasteiger partial charge in [-0.2, -0.15) is 18.3 Å². The number of aromatic nitrogens is 4. The highest BCUT2D eigenvalue weighted by molar-refractivity contribution is 6.30. The predicted molar refractivity (Wildman–Crippen MR) is 125 cm³/mol. The van der Waals surface area contributed by atoms with Gasteiger partial charge in [-0.3, -0.25) is 4.79 Å². The largest absolute Gasteiger partial charge is 0.416 e. The molecule has 2 heterocycles. The highest BCUT2D eigenvalue weighted by atomic mass is 35.5. The molecule has 0 aliphatic rings. The third-order valence-corrected chi connectivity index (χ3v) is 5.36. The first-order chi connectivity index (χ1) is 16.7. The standard InChI is InChI=1S/C24H18ClF3N6O/c1-15-2-4-16(5-3-15)18-10-19(22(25)29-11-18)13-34-14-21(31-33-34)12-30-32-23(35)17-6-8-20(9-7-17)24(26,27)28/h2-12,14H,13H2,1H3,(H,32,35)/b30-12+. The van der Waals surface area contributed by atoms with Crippen LogP contribution in [0.1, 0.15) is 32.7 Å². The molecule has 0 atom stereocenters. The van der Waals surface area contributed by atoms with Crippen molar-refractivity contribution in [3.8, 4) is 11.1 Å². The van der Waals surface area contributed by atoms with Gasteiger partial charge in [-0.1, -0.05) is 46.6 Å². The lowest BCUT2D eigenvalue weighted by molar-refractivity contribution is -0.137. The van der Waals surface area contributed by atoms with E-state index in [1.165, 1.54) is 6.21 Å². The number of hydrogen-bond donors (Lipinski definition) is 1. The number of rotatable bonds is 6. The normalized spacial score (nSPS) is 11.7. The number of nitrogens with one attached hydrogen (secondary N) is 1. The summed E-state index contributed by atoms with van der Waals surface area (Å²) in [5.41, 5.74) is 5.62. The van der Waals surface area contributed by atoms with Gasteiger partial charge in [-0.05, 0) is 42.8 Å². The van der Waals surface area contributed by atoms with Crippen molar-refractivity contribution in [2.75, 3.05) is 0 Å². The highest BCUT2D eigenvalue weighted by Crippen LogP contribution is 2.29. The quantitative estimate of drug-likeness (QED) is 0.227. The minimum atomic E-state index is -4.47. The van der Waals surface area contributed by atoms with Gasteiger partial charge in [-0.25, -0.2) is 15.1 Å². The van der Waals surface area contributed by atoms with Crippen molar-refractivity contribution in [1.82, 2.24) is 25.4 Å². The molecule has 4 aromatic rings. The van der Waals surface area contributed by atoms with Crippen molar-refractivity contribution in [2.24, 2.45) is 5.10 Å². The summed E-state index contributed by atoms with van der Waals surface area (Å²) in [7, 11) is 0. The van der Waals surface area contributed by atoms with E-state index in [1.807, 2.05) is 37.3 Å². The Kier molecular flexibility index (Phi) is 6.92. The van der Waals surface area contributed by atoms with Gasteiger partial charge in [0, 0.05) is 22.9 Å². The zero-order chi connectivity index (χ0) is 25.0. The van der Waals surface area contributed by atoms with Crippen molar-refractivity contribution in [2.45, 2.75) is 19.6 Å². The van der Waals surface area contributed by atoms with Gasteiger partial charge >= 0.3 is 6.18 Å². The summed E-state index contributed by atoms with van der Waals surface area (Å²) in [5.74, 6) is -0.659. The molecule has 0 bridgehead atoms. The molecule has 0 saturated carbocycles. The average Bonchev–Trinajstić information content (AvgIpc) is 3.27. The number of carbonyl (C=O) groups excluding carboxylic acids is 1. The van der Waals surface area contributed by atoms with Gasteiger partial charge in [0.25, 0.3) is 5.91 Å². The smallest absolute Gasteiger partial charge is 0.267 e. The van der Waals surface area contributed by atoms with Crippen molar-refractivity contribution in [3.63, 3.8) is 0 Å². The summed E-state index contributed by atoms with van der Waals surface area (Å²) in [4.78, 5) is 16.3. The fourth-order valence-corrected chi connectivity index (χ4v) is 3.33. The molecule has 4 rings (SSSR count). The first-order valence-corrected chi connectivity index (χ1v) is 10.7. The van der Waals surface area contributed by atoms with E-state index in [9.17, 15) is 18.0 Å². The first kappa shape index (κ1) is 24.1. The van der Waals surface area contributed by atoms with Gasteiger partial charge in [0.15, 0.2) is 0 Å². The van der Waals surface area contributed by atoms with Crippen LogP contribution in [0.25, 0.3) is 11.1 Å². The first-order valence-electron chi connectivity index (χ1n) is 10.3. The Morgan fingerprint density at radius 3 is 2.51 bits per heavy atom. The maximum Gasteiger partial charge on any atom is 0.416 e. The third kappa shape index (κ3) is 6.10. The van der Waals surface area contributed by atoms with E-state index in [0.29, 0.717) is 17.4 Å². The lowest BCUT2D eigenvalue weighted by Crippen LogP contribution is -2.18. The van der Waals surface area contributed by atoms with E-state index in [1.54, 1.807) is 17.1 Å². The zero-order valence-electron chi connectivity index (χ0n) is 18.3. The summed E-state index contributed by atoms with van der Waals surface area (Å²) in [6, 6.07) is 13.8. The number of nitrogens with zero attached hydrogens (tertiary/aromatic N) is 5. The SMILES string of the molecule is Cc1ccc(-c2cnc(Cl)c(Cn3cc(/C=N/NC(=O)c4ccc(C(F)(F)F)cc4)nn3)c2)cc1. The van der Waals surface area contributed by atoms with Crippen LogP contribution in [0.4, 0.5) is 13.2 Å². The Morgan fingerprint density at radius 2 is 1.83 bits per heavy atom. The van der Waals surface area contributed by atoms with Gasteiger partial charge in [0.2, 0.25) is 0 Å². The monoisotopic (exact) mass is 498 g/mol. The number of hydrogen-bond acceptors (Lipinski definition) is 5. The maximum absolute atomic E-state index is 12.6. The Labute approximate surface area is 203 Å². The van der Waals surface area contributed by atoms with Gasteiger partial charge in [-0.15, -0.1) is 5.10 Å². The fraction of sp³-hybridized carbons (Fsp3) is 0.125. The molecule has 2 aromatic heterocycles. The van der Waals surface area contributed by atoms with Crippen LogP contribution in [-0.4, -0.2) is 32.1 Å². The minimum Gasteiger partial charge on any atom is -0.267 e. The molecule has 7 nitrogen and oxygen atoms in total. The van der Waals surface area contributed by atoms with Crippen LogP contribution >= 0.6 is 11.6 Å². The number of amides is 1. The number of alkyl halides is 3. The van der Waals surface area contributed by atoms with E-state index in [0.717, 1.165) is 46.5 Å². The second kappa shape index (κ2) is 10.1. The summed E-state index contributed by atoms with van der Waals surface area (Å²) < 4.78 is 39.4. The maximum atomic E-state index is 12.6. The minimum absolute atomic E-state index is 0.0365. The van der Waals surface area contributed by atoms with Crippen molar-refractivity contribution < 1.29 is 18.0 Å². The molecule has 2 aromatic carbocycles. The van der Waals surface area contributed by atoms with Crippen LogP contribution in [0.15, 0.2) is 72.1 Å². The van der Waals surface area contributed by atoms with E-state index in [2.05, 4.69) is 25.8 Å². The molecule has 0 fully saturated rings. The lowest BCUT2D eigenvalue weighted by Gasteiger charge is -2.07. The van der Waals surface area contributed by atoms with Crippen LogP contribution in [-0.2, 0) is 12.7 Å². The zero-order valence-corrected chi connectivity index (χ0v) is 19.0. The molecular weight excluding hydrogens is 481 g/mol. The average molecular weight is 499 g/mol. The second-order valence-corrected chi connectivity index (χ2v) is 8.01. The topological polar surface area (TPSA) is 85.1 Å². The molecule has 11 heteroatoms. The van der Waals surface area contributed by atoms with Crippen molar-refractivity contribution >= 4 is 23.7 Å². The summed E-state index contributed by atoms with van der Waals surface area (Å²) in [6.07, 6.45) is 0.104. The van der Waals surface area contributed by atoms with E-state index in [4.69, 9.17) is 11.6 Å². The van der Waals surface area contributed by atoms with Crippen LogP contribution < -0.4 is 5.43 Å². The molecular formula is C24H18ClF3N6O. The van der Waals surface area contributed by atoms with Gasteiger partial charge in [0.1, 0.15) is 10.8 Å². The molecule has 0 aliphatic carbocycles. The van der Waals surface area contributed by atoms with Crippen LogP contribution in [0.5, 0.6) is 0 Å². The molecule has 178 valence electrons. The van der Waals surface area contributed by atoms with Gasteiger partial charge in [0.05, 0.1) is 24.5 Å². The van der Waals surface area contributed by atoms with E-state index >= 15 is 0 Å². The second-order valence-electron chi connectivity index (χ2n) is 7.66. The third-order valence-electron chi connectivity index (χ3n) is 5.02. The number of hydrazone groups is 1. The summed E-state index contributed by atoms with van der Waals surface area (Å²) in [5, 5.41) is 12.1. The Morgan fingerprint density at radius 1 is 1.11 bits per heavy atom. The Bertz CT molecular complexity index is 1370. The predicted octanol–water partition coefficient (Wildman–Crippen LogP) is 5.13. The molecule has 0 unspecified atom stereocenters. The Balaban J connectivity index is 1.39. The number of pyridine rings is 1. The number of carbonyl (C=O) groups is 1. The van der Waals surface area contributed by atoms with Crippen LogP contribution in [0.3, 0.4) is 0 Å². The number of aryl methyl sites for hydroxylation is 1. The highest BCUT2D eigenvalue weighted by Gasteiger charge is 2.30. The lowest BCUT2D eigenvalue weighted by atomic mass is 10.0. The Hall–Kier alpha value is -4.05. The van der Waals surface area contributed by atoms with Crippen molar-refractivity contribution in [3.05, 3.63) is 100 Å². The molecule has 35 heavy (non-hydrogen) atoms. The molecule has 0 spiro atoms. The molecule has 1 N–H and O–H groups in total.